The molecular formula is C4H12N6O4. The number of carbonyl (C=O) groups excluding carboxylic acids is 2. The normalized spacial score (nSPS) is 12.0. The van der Waals surface area contributed by atoms with Gasteiger partial charge in [-0.2, -0.15) is 11.3 Å². The first-order chi connectivity index (χ1) is 6.47. The lowest BCUT2D eigenvalue weighted by Crippen LogP contribution is -2.58. The van der Waals surface area contributed by atoms with Crippen molar-refractivity contribution in [2.45, 2.75) is 12.4 Å². The van der Waals surface area contributed by atoms with Crippen LogP contribution in [0.4, 0.5) is 9.59 Å². The fraction of sp³-hybridized carbons (Fsp3) is 0.500. The average molecular weight is 208 g/mol. The number of hydrogen-bond donors (Lipinski definition) is 6. The molecule has 0 aromatic heterocycles. The van der Waals surface area contributed by atoms with Crippen molar-refractivity contribution in [3.8, 4) is 0 Å². The van der Waals surface area contributed by atoms with Crippen molar-refractivity contribution in [3.63, 3.8) is 0 Å². The third-order valence-electron chi connectivity index (χ3n) is 1.02. The van der Waals surface area contributed by atoms with E-state index in [0.717, 1.165) is 0 Å². The molecule has 14 heavy (non-hydrogen) atoms. The summed E-state index contributed by atoms with van der Waals surface area (Å²) < 4.78 is 4.37. The lowest BCUT2D eigenvalue weighted by molar-refractivity contribution is 0.0549. The zero-order valence-corrected chi connectivity index (χ0v) is 7.10. The van der Waals surface area contributed by atoms with Gasteiger partial charge in [0.25, 0.3) is 0 Å². The Hall–Kier alpha value is -1.62. The predicted molar refractivity (Wildman–Crippen MR) is 43.6 cm³/mol. The van der Waals surface area contributed by atoms with Crippen molar-refractivity contribution in [3.05, 3.63) is 0 Å². The molecule has 0 saturated heterocycles. The van der Waals surface area contributed by atoms with E-state index in [1.807, 2.05) is 5.43 Å². The van der Waals surface area contributed by atoms with Gasteiger partial charge in [-0.3, -0.25) is 5.43 Å². The molecule has 0 aliphatic heterocycles. The first-order valence-electron chi connectivity index (χ1n) is 3.37. The zero-order chi connectivity index (χ0) is 11.1. The van der Waals surface area contributed by atoms with Gasteiger partial charge in [0.2, 0.25) is 0 Å². The fourth-order valence-corrected chi connectivity index (χ4v) is 0.489. The molecule has 0 aromatic rings. The summed E-state index contributed by atoms with van der Waals surface area (Å²) in [4.78, 5) is 24.5. The van der Waals surface area contributed by atoms with E-state index in [4.69, 9.17) is 11.5 Å². The van der Waals surface area contributed by atoms with Crippen LogP contribution in [0.15, 0.2) is 0 Å². The lowest BCUT2D eigenvalue weighted by Gasteiger charge is -2.20. The Labute approximate surface area is 78.8 Å². The summed E-state index contributed by atoms with van der Waals surface area (Å²) in [6.07, 6.45) is -4.39. The maximum Gasteiger partial charge on any atom is 0.440 e. The van der Waals surface area contributed by atoms with E-state index in [9.17, 15) is 9.59 Å². The van der Waals surface area contributed by atoms with Crippen LogP contribution in [0.3, 0.4) is 0 Å². The second kappa shape index (κ2) is 5.93. The minimum atomic E-state index is -1.19. The monoisotopic (exact) mass is 208 g/mol. The van der Waals surface area contributed by atoms with Crippen molar-refractivity contribution in [1.29, 1.82) is 0 Å². The van der Waals surface area contributed by atoms with Crippen LogP contribution in [0.25, 0.3) is 0 Å². The quantitative estimate of drug-likeness (QED) is 0.206. The van der Waals surface area contributed by atoms with E-state index in [1.54, 1.807) is 0 Å². The summed E-state index contributed by atoms with van der Waals surface area (Å²) in [6.45, 7) is 0. The number of primary amides is 1. The molecule has 82 valence electrons. The molecule has 10 heteroatoms. The van der Waals surface area contributed by atoms with Crippen molar-refractivity contribution >= 4 is 12.2 Å². The Kier molecular flexibility index (Phi) is 5.24. The average Bonchev–Trinajstić information content (AvgIpc) is 2.10. The summed E-state index contributed by atoms with van der Waals surface area (Å²) in [6, 6.07) is 0. The molecule has 10 nitrogen and oxygen atoms in total. The van der Waals surface area contributed by atoms with Gasteiger partial charge in [-0.05, 0) is 0 Å². The van der Waals surface area contributed by atoms with E-state index in [-0.39, 0.29) is 0 Å². The molecule has 0 aliphatic carbocycles. The highest BCUT2D eigenvalue weighted by Gasteiger charge is 2.18. The number of rotatable bonds is 4. The van der Waals surface area contributed by atoms with Crippen molar-refractivity contribution < 1.29 is 19.2 Å². The number of hydrogen-bond acceptors (Lipinski definition) is 8. The van der Waals surface area contributed by atoms with Crippen LogP contribution < -0.4 is 33.9 Å². The van der Waals surface area contributed by atoms with Gasteiger partial charge in [0.05, 0.1) is 0 Å². The molecule has 0 bridgehead atoms. The highest BCUT2D eigenvalue weighted by atomic mass is 16.7. The molecular weight excluding hydrogens is 196 g/mol. The maximum atomic E-state index is 10.5. The number of carbonyl (C=O) groups is 2. The number of hydrazine groups is 1. The molecule has 0 spiro atoms. The molecule has 0 fully saturated rings. The van der Waals surface area contributed by atoms with Gasteiger partial charge in [0.1, 0.15) is 6.17 Å². The van der Waals surface area contributed by atoms with Crippen LogP contribution in [-0.2, 0) is 9.57 Å². The number of ether oxygens (including phenoxy) is 1. The second-order valence-electron chi connectivity index (χ2n) is 2.11. The minimum absolute atomic E-state index is 1.01. The Bertz CT molecular complexity index is 208. The van der Waals surface area contributed by atoms with Crippen LogP contribution >= 0.6 is 0 Å². The van der Waals surface area contributed by atoms with Gasteiger partial charge in [-0.15, -0.1) is 0 Å². The first-order valence-corrected chi connectivity index (χ1v) is 3.37. The number of nitrogens with two attached hydrogens (primary N) is 4. The molecule has 0 heterocycles. The molecule has 2 amide bonds. The minimum Gasteiger partial charge on any atom is -0.426 e. The van der Waals surface area contributed by atoms with E-state index in [1.165, 1.54) is 0 Å². The first kappa shape index (κ1) is 12.4. The van der Waals surface area contributed by atoms with Gasteiger partial charge >= 0.3 is 12.2 Å². The summed E-state index contributed by atoms with van der Waals surface area (Å²) >= 11 is 0. The van der Waals surface area contributed by atoms with Gasteiger partial charge in [0.15, 0.2) is 6.23 Å². The van der Waals surface area contributed by atoms with E-state index in [0.29, 0.717) is 0 Å². The Morgan fingerprint density at radius 3 is 2.21 bits per heavy atom. The molecule has 0 saturated carbocycles. The lowest BCUT2D eigenvalue weighted by atomic mass is 10.5. The predicted octanol–water partition coefficient (Wildman–Crippen LogP) is -3.24. The maximum absolute atomic E-state index is 10.5. The summed E-state index contributed by atoms with van der Waals surface area (Å²) in [5, 5.41) is 0. The van der Waals surface area contributed by atoms with Crippen LogP contribution in [0.1, 0.15) is 0 Å². The second-order valence-corrected chi connectivity index (χ2v) is 2.11. The van der Waals surface area contributed by atoms with Gasteiger partial charge in [0, 0.05) is 0 Å². The van der Waals surface area contributed by atoms with Gasteiger partial charge < -0.3 is 26.8 Å². The highest BCUT2D eigenvalue weighted by Crippen LogP contribution is 1.86. The largest absolute Gasteiger partial charge is 0.440 e. The molecule has 1 atom stereocenters. The SMILES string of the molecule is NOC(=O)NNC(OC(N)=O)C(N)N. The zero-order valence-electron chi connectivity index (χ0n) is 7.10. The Morgan fingerprint density at radius 2 is 1.86 bits per heavy atom. The molecule has 0 aromatic carbocycles. The third-order valence-corrected chi connectivity index (χ3v) is 1.02. The van der Waals surface area contributed by atoms with Crippen LogP contribution in [-0.4, -0.2) is 24.6 Å². The van der Waals surface area contributed by atoms with Crippen LogP contribution in [0.2, 0.25) is 0 Å². The Balaban J connectivity index is 3.97. The Morgan fingerprint density at radius 1 is 1.29 bits per heavy atom. The van der Waals surface area contributed by atoms with Crippen molar-refractivity contribution in [2.75, 3.05) is 0 Å². The summed E-state index contributed by atoms with van der Waals surface area (Å²) in [5.74, 6) is 4.49. The topological polar surface area (TPSA) is 181 Å². The smallest absolute Gasteiger partial charge is 0.426 e. The summed E-state index contributed by atoms with van der Waals surface area (Å²) in [5.41, 5.74) is 19.0. The van der Waals surface area contributed by atoms with Crippen molar-refractivity contribution in [2.24, 2.45) is 23.1 Å². The molecule has 10 N–H and O–H groups in total. The molecule has 0 radical (unpaired) electrons. The highest BCUT2D eigenvalue weighted by molar-refractivity contribution is 5.66. The molecule has 1 unspecified atom stereocenters. The van der Waals surface area contributed by atoms with E-state index >= 15 is 0 Å². The van der Waals surface area contributed by atoms with Crippen molar-refractivity contribution in [1.82, 2.24) is 10.9 Å². The summed E-state index contributed by atoms with van der Waals surface area (Å²) in [7, 11) is 0. The number of amides is 2. The van der Waals surface area contributed by atoms with Gasteiger partial charge in [-0.1, -0.05) is 0 Å². The van der Waals surface area contributed by atoms with Crippen LogP contribution in [0, 0.1) is 0 Å². The van der Waals surface area contributed by atoms with E-state index < -0.39 is 24.6 Å². The molecule has 0 aliphatic rings. The number of nitrogens with one attached hydrogen (secondary N) is 2. The van der Waals surface area contributed by atoms with Gasteiger partial charge in [-0.25, -0.2) is 9.59 Å². The van der Waals surface area contributed by atoms with Crippen LogP contribution in [0.5, 0.6) is 0 Å². The standard InChI is InChI=1S/C4H12N6O4/c5-1(6)2(13-3(7)11)9-10-4(12)14-8/h1-2,9H,5-6,8H2,(H2,7,11)(H,10,12). The fourth-order valence-electron chi connectivity index (χ4n) is 0.489. The third kappa shape index (κ3) is 5.10. The molecule has 0 rings (SSSR count). The van der Waals surface area contributed by atoms with E-state index in [2.05, 4.69) is 26.6 Å².